The van der Waals surface area contributed by atoms with Gasteiger partial charge in [-0.25, -0.2) is 0 Å². The summed E-state index contributed by atoms with van der Waals surface area (Å²) in [6.45, 7) is 2.61. The van der Waals surface area contributed by atoms with Crippen LogP contribution in [0.3, 0.4) is 0 Å². The summed E-state index contributed by atoms with van der Waals surface area (Å²) >= 11 is 0. The molecule has 3 heteroatoms. The van der Waals surface area contributed by atoms with Crippen LogP contribution in [0.15, 0.2) is 0 Å². The SMILES string of the molecule is CCCCCCCCC(CO)CCCCCCCCC(=O)OC. The summed E-state index contributed by atoms with van der Waals surface area (Å²) < 4.78 is 4.63. The van der Waals surface area contributed by atoms with Crippen molar-refractivity contribution in [1.29, 1.82) is 0 Å². The standard InChI is InChI=1S/C20H40O3/c1-3-4-5-6-9-12-15-19(18-21)16-13-10-7-8-11-14-17-20(22)23-2/h19,21H,3-18H2,1-2H3. The van der Waals surface area contributed by atoms with Gasteiger partial charge in [0.05, 0.1) is 7.11 Å². The molecule has 0 aromatic rings. The molecule has 1 atom stereocenters. The summed E-state index contributed by atoms with van der Waals surface area (Å²) in [6, 6.07) is 0. The molecule has 0 saturated heterocycles. The minimum Gasteiger partial charge on any atom is -0.469 e. The first kappa shape index (κ1) is 22.4. The fourth-order valence-corrected chi connectivity index (χ4v) is 3.05. The van der Waals surface area contributed by atoms with E-state index in [9.17, 15) is 9.90 Å². The van der Waals surface area contributed by atoms with Crippen LogP contribution in [0, 0.1) is 5.92 Å². The van der Waals surface area contributed by atoms with Crippen LogP contribution < -0.4 is 0 Å². The van der Waals surface area contributed by atoms with Crippen LogP contribution in [0.4, 0.5) is 0 Å². The fraction of sp³-hybridized carbons (Fsp3) is 0.950. The second-order valence-corrected chi connectivity index (χ2v) is 6.84. The van der Waals surface area contributed by atoms with E-state index in [1.807, 2.05) is 0 Å². The van der Waals surface area contributed by atoms with Gasteiger partial charge in [0.2, 0.25) is 0 Å². The minimum atomic E-state index is -0.0921. The van der Waals surface area contributed by atoms with E-state index in [4.69, 9.17) is 0 Å². The molecular weight excluding hydrogens is 288 g/mol. The molecule has 0 heterocycles. The summed E-state index contributed by atoms with van der Waals surface area (Å²) in [5.41, 5.74) is 0. The average Bonchev–Trinajstić information content (AvgIpc) is 2.57. The van der Waals surface area contributed by atoms with Gasteiger partial charge in [-0.05, 0) is 25.2 Å². The summed E-state index contributed by atoms with van der Waals surface area (Å²) in [5.74, 6) is 0.422. The molecule has 1 N–H and O–H groups in total. The number of hydrogen-bond donors (Lipinski definition) is 1. The van der Waals surface area contributed by atoms with Crippen molar-refractivity contribution in [2.45, 2.75) is 103 Å². The number of ether oxygens (including phenoxy) is 1. The van der Waals surface area contributed by atoms with Gasteiger partial charge in [-0.15, -0.1) is 0 Å². The van der Waals surface area contributed by atoms with E-state index in [0.29, 0.717) is 18.9 Å². The quantitative estimate of drug-likeness (QED) is 0.278. The van der Waals surface area contributed by atoms with E-state index in [1.165, 1.54) is 84.2 Å². The predicted octanol–water partition coefficient (Wildman–Crippen LogP) is 5.64. The maximum Gasteiger partial charge on any atom is 0.305 e. The topological polar surface area (TPSA) is 46.5 Å². The normalized spacial score (nSPS) is 12.3. The zero-order valence-electron chi connectivity index (χ0n) is 15.7. The van der Waals surface area contributed by atoms with Crippen LogP contribution in [-0.2, 0) is 9.53 Å². The second-order valence-electron chi connectivity index (χ2n) is 6.84. The maximum absolute atomic E-state index is 11.0. The number of aliphatic hydroxyl groups excluding tert-OH is 1. The third-order valence-corrected chi connectivity index (χ3v) is 4.70. The van der Waals surface area contributed by atoms with E-state index >= 15 is 0 Å². The molecule has 0 amide bonds. The predicted molar refractivity (Wildman–Crippen MR) is 97.5 cm³/mol. The Morgan fingerprint density at radius 3 is 1.78 bits per heavy atom. The number of carbonyl (C=O) groups excluding carboxylic acids is 1. The lowest BCUT2D eigenvalue weighted by atomic mass is 9.95. The number of hydrogen-bond acceptors (Lipinski definition) is 3. The zero-order valence-corrected chi connectivity index (χ0v) is 15.7. The van der Waals surface area contributed by atoms with Crippen LogP contribution in [0.2, 0.25) is 0 Å². The Morgan fingerprint density at radius 2 is 1.30 bits per heavy atom. The maximum atomic E-state index is 11.0. The highest BCUT2D eigenvalue weighted by Crippen LogP contribution is 2.18. The van der Waals surface area contributed by atoms with Crippen molar-refractivity contribution in [2.24, 2.45) is 5.92 Å². The van der Waals surface area contributed by atoms with Gasteiger partial charge in [0.1, 0.15) is 0 Å². The first-order valence-corrected chi connectivity index (χ1v) is 9.92. The van der Waals surface area contributed by atoms with E-state index in [2.05, 4.69) is 11.7 Å². The molecule has 23 heavy (non-hydrogen) atoms. The highest BCUT2D eigenvalue weighted by molar-refractivity contribution is 5.68. The van der Waals surface area contributed by atoms with Crippen molar-refractivity contribution < 1.29 is 14.6 Å². The van der Waals surface area contributed by atoms with Crippen molar-refractivity contribution >= 4 is 5.97 Å². The highest BCUT2D eigenvalue weighted by Gasteiger charge is 2.07. The van der Waals surface area contributed by atoms with Gasteiger partial charge in [-0.3, -0.25) is 4.79 Å². The Bertz CT molecular complexity index is 253. The molecule has 0 bridgehead atoms. The number of aliphatic hydroxyl groups is 1. The van der Waals surface area contributed by atoms with Gasteiger partial charge in [0.25, 0.3) is 0 Å². The van der Waals surface area contributed by atoms with Crippen molar-refractivity contribution in [2.75, 3.05) is 13.7 Å². The average molecular weight is 329 g/mol. The lowest BCUT2D eigenvalue weighted by Gasteiger charge is -2.13. The van der Waals surface area contributed by atoms with Crippen molar-refractivity contribution in [3.63, 3.8) is 0 Å². The van der Waals surface area contributed by atoms with Gasteiger partial charge < -0.3 is 9.84 Å². The summed E-state index contributed by atoms with van der Waals surface area (Å²) in [6.07, 6.45) is 18.0. The summed E-state index contributed by atoms with van der Waals surface area (Å²) in [4.78, 5) is 11.0. The molecule has 0 fully saturated rings. The van der Waals surface area contributed by atoms with E-state index in [0.717, 1.165) is 12.8 Å². The second kappa shape index (κ2) is 17.8. The van der Waals surface area contributed by atoms with E-state index in [1.54, 1.807) is 0 Å². The van der Waals surface area contributed by atoms with Crippen LogP contribution in [0.25, 0.3) is 0 Å². The summed E-state index contributed by atoms with van der Waals surface area (Å²) in [5, 5.41) is 9.47. The van der Waals surface area contributed by atoms with Crippen LogP contribution >= 0.6 is 0 Å². The van der Waals surface area contributed by atoms with Gasteiger partial charge in [-0.1, -0.05) is 77.6 Å². The van der Waals surface area contributed by atoms with E-state index in [-0.39, 0.29) is 5.97 Å². The summed E-state index contributed by atoms with van der Waals surface area (Å²) in [7, 11) is 1.45. The van der Waals surface area contributed by atoms with Gasteiger partial charge in [-0.2, -0.15) is 0 Å². The largest absolute Gasteiger partial charge is 0.469 e. The number of methoxy groups -OCH3 is 1. The Morgan fingerprint density at radius 1 is 0.826 bits per heavy atom. The highest BCUT2D eigenvalue weighted by atomic mass is 16.5. The van der Waals surface area contributed by atoms with Crippen LogP contribution in [-0.4, -0.2) is 24.8 Å². The molecule has 0 rings (SSSR count). The molecule has 1 unspecified atom stereocenters. The lowest BCUT2D eigenvalue weighted by Crippen LogP contribution is -2.06. The Balaban J connectivity index is 3.34. The fourth-order valence-electron chi connectivity index (χ4n) is 3.05. The first-order chi connectivity index (χ1) is 11.2. The Kier molecular flexibility index (Phi) is 17.3. The molecule has 0 aromatic heterocycles. The van der Waals surface area contributed by atoms with Crippen LogP contribution in [0.5, 0.6) is 0 Å². The molecular formula is C20H40O3. The molecule has 3 nitrogen and oxygen atoms in total. The molecule has 138 valence electrons. The Hall–Kier alpha value is -0.570. The monoisotopic (exact) mass is 328 g/mol. The zero-order chi connectivity index (χ0) is 17.2. The molecule has 0 aliphatic carbocycles. The van der Waals surface area contributed by atoms with Crippen molar-refractivity contribution in [3.8, 4) is 0 Å². The minimum absolute atomic E-state index is 0.0921. The van der Waals surface area contributed by atoms with E-state index < -0.39 is 0 Å². The third-order valence-electron chi connectivity index (χ3n) is 4.70. The number of esters is 1. The van der Waals surface area contributed by atoms with Gasteiger partial charge >= 0.3 is 5.97 Å². The van der Waals surface area contributed by atoms with Crippen molar-refractivity contribution in [1.82, 2.24) is 0 Å². The smallest absolute Gasteiger partial charge is 0.305 e. The van der Waals surface area contributed by atoms with Gasteiger partial charge in [0.15, 0.2) is 0 Å². The Labute approximate surface area is 144 Å². The third kappa shape index (κ3) is 16.1. The van der Waals surface area contributed by atoms with Crippen molar-refractivity contribution in [3.05, 3.63) is 0 Å². The lowest BCUT2D eigenvalue weighted by molar-refractivity contribution is -0.140. The molecule has 0 aliphatic heterocycles. The molecule has 0 radical (unpaired) electrons. The number of unbranched alkanes of at least 4 members (excludes halogenated alkanes) is 10. The molecule has 0 spiro atoms. The number of carbonyl (C=O) groups is 1. The van der Waals surface area contributed by atoms with Gasteiger partial charge in [0, 0.05) is 13.0 Å². The molecule has 0 aliphatic rings. The number of rotatable bonds is 17. The molecule has 0 saturated carbocycles. The molecule has 0 aromatic carbocycles. The van der Waals surface area contributed by atoms with Crippen LogP contribution in [0.1, 0.15) is 103 Å². The first-order valence-electron chi connectivity index (χ1n) is 9.92.